The maximum absolute atomic E-state index is 4.42. The Balaban J connectivity index is 1.28. The summed E-state index contributed by atoms with van der Waals surface area (Å²) in [7, 11) is 2.26. The molecule has 0 N–H and O–H groups in total. The monoisotopic (exact) mass is 329 g/mol. The third-order valence-corrected chi connectivity index (χ3v) is 6.18. The van der Waals surface area contributed by atoms with E-state index in [2.05, 4.69) is 37.2 Å². The Morgan fingerprint density at radius 1 is 1.30 bits per heavy atom. The van der Waals surface area contributed by atoms with Crippen molar-refractivity contribution in [2.45, 2.75) is 38.4 Å². The maximum Gasteiger partial charge on any atom is 0.115 e. The summed E-state index contributed by atoms with van der Waals surface area (Å²) in [5, 5.41) is 3.30. The van der Waals surface area contributed by atoms with Crippen molar-refractivity contribution in [2.24, 2.45) is 5.41 Å². The van der Waals surface area contributed by atoms with Gasteiger partial charge in [0.2, 0.25) is 0 Å². The first kappa shape index (κ1) is 15.2. The van der Waals surface area contributed by atoms with Crippen LogP contribution in [0.3, 0.4) is 0 Å². The highest BCUT2D eigenvalue weighted by Crippen LogP contribution is 2.56. The van der Waals surface area contributed by atoms with Crippen molar-refractivity contribution < 1.29 is 0 Å². The van der Waals surface area contributed by atoms with Gasteiger partial charge < -0.3 is 0 Å². The van der Waals surface area contributed by atoms with Gasteiger partial charge in [-0.15, -0.1) is 11.3 Å². The Hall–Kier alpha value is -1.37. The lowest BCUT2D eigenvalue weighted by atomic mass is 9.92. The van der Waals surface area contributed by atoms with Crippen LogP contribution < -0.4 is 0 Å². The van der Waals surface area contributed by atoms with E-state index in [4.69, 9.17) is 0 Å². The van der Waals surface area contributed by atoms with Crippen LogP contribution in [-0.2, 0) is 13.1 Å². The highest BCUT2D eigenvalue weighted by Gasteiger charge is 2.56. The third-order valence-electron chi connectivity index (χ3n) is 5.42. The van der Waals surface area contributed by atoms with E-state index in [9.17, 15) is 0 Å². The average Bonchev–Trinajstić information content (AvgIpc) is 3.02. The summed E-state index contributed by atoms with van der Waals surface area (Å²) in [6.45, 7) is 4.36. The average molecular weight is 329 g/mol. The van der Waals surface area contributed by atoms with Gasteiger partial charge >= 0.3 is 0 Å². The molecule has 1 spiro atoms. The SMILES string of the molecule is CN(Cc1nccs1)[C@@H]1CC12CCN(Cc1cncnc1)CC2. The van der Waals surface area contributed by atoms with Crippen molar-refractivity contribution in [1.82, 2.24) is 24.8 Å². The number of thiazole rings is 1. The second kappa shape index (κ2) is 6.26. The Morgan fingerprint density at radius 3 is 2.78 bits per heavy atom. The van der Waals surface area contributed by atoms with Crippen LogP contribution in [0.5, 0.6) is 0 Å². The van der Waals surface area contributed by atoms with Gasteiger partial charge in [0, 0.05) is 42.1 Å². The Morgan fingerprint density at radius 2 is 2.09 bits per heavy atom. The third kappa shape index (κ3) is 3.29. The molecule has 2 aromatic heterocycles. The first-order chi connectivity index (χ1) is 11.3. The number of aromatic nitrogens is 3. The topological polar surface area (TPSA) is 45.2 Å². The highest BCUT2D eigenvalue weighted by atomic mass is 32.1. The molecule has 3 heterocycles. The van der Waals surface area contributed by atoms with Crippen LogP contribution >= 0.6 is 11.3 Å². The number of likely N-dealkylation sites (tertiary alicyclic amines) is 1. The second-order valence-electron chi connectivity index (χ2n) is 6.95. The molecule has 1 saturated heterocycles. The molecule has 4 rings (SSSR count). The van der Waals surface area contributed by atoms with Crippen molar-refractivity contribution >= 4 is 11.3 Å². The first-order valence-electron chi connectivity index (χ1n) is 8.30. The van der Waals surface area contributed by atoms with Gasteiger partial charge in [0.05, 0.1) is 6.54 Å². The van der Waals surface area contributed by atoms with E-state index in [0.29, 0.717) is 5.41 Å². The lowest BCUT2D eigenvalue weighted by Crippen LogP contribution is -2.37. The standard InChI is InChI=1S/C17H23N5S/c1-21(12-16-20-4-7-23-16)15-8-17(15)2-5-22(6-3-17)11-14-9-18-13-19-10-14/h4,7,9-10,13,15H,2-3,5-6,8,11-12H2,1H3/t15-/m1/s1. The minimum absolute atomic E-state index is 0.565. The summed E-state index contributed by atoms with van der Waals surface area (Å²) in [6, 6.07) is 0.744. The number of hydrogen-bond acceptors (Lipinski definition) is 6. The molecule has 2 aromatic rings. The fourth-order valence-corrected chi connectivity index (χ4v) is 4.65. The first-order valence-corrected chi connectivity index (χ1v) is 9.18. The van der Waals surface area contributed by atoms with E-state index in [1.807, 2.05) is 18.6 Å². The molecule has 2 fully saturated rings. The van der Waals surface area contributed by atoms with Gasteiger partial charge in [-0.1, -0.05) is 0 Å². The van der Waals surface area contributed by atoms with Gasteiger partial charge in [-0.25, -0.2) is 15.0 Å². The molecule has 5 nitrogen and oxygen atoms in total. The van der Waals surface area contributed by atoms with Crippen LogP contribution in [0.2, 0.25) is 0 Å². The van der Waals surface area contributed by atoms with Gasteiger partial charge in [0.15, 0.2) is 0 Å². The van der Waals surface area contributed by atoms with Crippen molar-refractivity contribution in [1.29, 1.82) is 0 Å². The van der Waals surface area contributed by atoms with Gasteiger partial charge in [-0.05, 0) is 44.8 Å². The summed E-state index contributed by atoms with van der Waals surface area (Å²) < 4.78 is 0. The fraction of sp³-hybridized carbons (Fsp3) is 0.588. The van der Waals surface area contributed by atoms with Crippen molar-refractivity contribution in [3.63, 3.8) is 0 Å². The van der Waals surface area contributed by atoms with Crippen molar-refractivity contribution in [2.75, 3.05) is 20.1 Å². The minimum Gasteiger partial charge on any atom is -0.299 e. The molecule has 23 heavy (non-hydrogen) atoms. The summed E-state index contributed by atoms with van der Waals surface area (Å²) in [5.74, 6) is 0. The van der Waals surface area contributed by atoms with Crippen molar-refractivity contribution in [3.05, 3.63) is 40.9 Å². The van der Waals surface area contributed by atoms with Crippen LogP contribution in [0.4, 0.5) is 0 Å². The maximum atomic E-state index is 4.42. The van der Waals surface area contributed by atoms with Crippen LogP contribution in [-0.4, -0.2) is 50.9 Å². The molecular formula is C17H23N5S. The van der Waals surface area contributed by atoms with Crippen LogP contribution in [0, 0.1) is 5.41 Å². The zero-order valence-electron chi connectivity index (χ0n) is 13.6. The summed E-state index contributed by atoms with van der Waals surface area (Å²) >= 11 is 1.76. The number of piperidine rings is 1. The van der Waals surface area contributed by atoms with Gasteiger partial charge in [-0.3, -0.25) is 9.80 Å². The summed E-state index contributed by atoms with van der Waals surface area (Å²) in [4.78, 5) is 17.7. The molecule has 6 heteroatoms. The van der Waals surface area contributed by atoms with Gasteiger partial charge in [-0.2, -0.15) is 0 Å². The van der Waals surface area contributed by atoms with E-state index >= 15 is 0 Å². The predicted octanol–water partition coefficient (Wildman–Crippen LogP) is 2.42. The summed E-state index contributed by atoms with van der Waals surface area (Å²) in [5.41, 5.74) is 1.78. The van der Waals surface area contributed by atoms with Crippen LogP contribution in [0.15, 0.2) is 30.3 Å². The number of rotatable bonds is 5. The lowest BCUT2D eigenvalue weighted by molar-refractivity contribution is 0.139. The normalized spacial score (nSPS) is 23.5. The molecule has 1 atom stereocenters. The van der Waals surface area contributed by atoms with Gasteiger partial charge in [0.25, 0.3) is 0 Å². The Labute approximate surface area is 141 Å². The van der Waals surface area contributed by atoms with E-state index in [-0.39, 0.29) is 0 Å². The van der Waals surface area contributed by atoms with Crippen molar-refractivity contribution in [3.8, 4) is 0 Å². The fourth-order valence-electron chi connectivity index (χ4n) is 3.97. The highest BCUT2D eigenvalue weighted by molar-refractivity contribution is 7.09. The molecule has 2 aliphatic rings. The van der Waals surface area contributed by atoms with E-state index in [1.54, 1.807) is 17.7 Å². The molecule has 1 aliphatic heterocycles. The number of nitrogens with zero attached hydrogens (tertiary/aromatic N) is 5. The minimum atomic E-state index is 0.565. The molecule has 0 unspecified atom stereocenters. The lowest BCUT2D eigenvalue weighted by Gasteiger charge is -2.34. The zero-order valence-corrected chi connectivity index (χ0v) is 14.4. The quantitative estimate of drug-likeness (QED) is 0.843. The number of hydrogen-bond donors (Lipinski definition) is 0. The Bertz CT molecular complexity index is 622. The van der Waals surface area contributed by atoms with E-state index in [1.165, 1.54) is 42.9 Å². The van der Waals surface area contributed by atoms with E-state index in [0.717, 1.165) is 19.1 Å². The molecule has 1 saturated carbocycles. The van der Waals surface area contributed by atoms with Crippen LogP contribution in [0.1, 0.15) is 29.8 Å². The molecule has 0 bridgehead atoms. The largest absolute Gasteiger partial charge is 0.299 e. The molecule has 1 aliphatic carbocycles. The second-order valence-corrected chi connectivity index (χ2v) is 7.93. The predicted molar refractivity (Wildman–Crippen MR) is 91.0 cm³/mol. The molecule has 0 radical (unpaired) electrons. The molecule has 122 valence electrons. The van der Waals surface area contributed by atoms with Gasteiger partial charge in [0.1, 0.15) is 11.3 Å². The van der Waals surface area contributed by atoms with Crippen LogP contribution in [0.25, 0.3) is 0 Å². The Kier molecular flexibility index (Phi) is 4.13. The smallest absolute Gasteiger partial charge is 0.115 e. The molecule has 0 aromatic carbocycles. The summed E-state index contributed by atoms with van der Waals surface area (Å²) in [6.07, 6.45) is 11.3. The molecular weight excluding hydrogens is 306 g/mol. The molecule has 0 amide bonds. The zero-order chi connectivity index (χ0) is 15.7. The van der Waals surface area contributed by atoms with E-state index < -0.39 is 0 Å².